The van der Waals surface area contributed by atoms with Crippen LogP contribution in [0.1, 0.15) is 26.3 Å². The average Bonchev–Trinajstić information content (AvgIpc) is 2.81. The Morgan fingerprint density at radius 1 is 1.26 bits per heavy atom. The molecule has 2 rings (SSSR count). The molecule has 0 aliphatic heterocycles. The van der Waals surface area contributed by atoms with Crippen LogP contribution in [-0.4, -0.2) is 43.0 Å². The Labute approximate surface area is 147 Å². The number of likely N-dealkylation sites (N-methyl/N-ethyl adjacent to an activating group) is 1. The lowest BCUT2D eigenvalue weighted by Crippen LogP contribution is -2.43. The van der Waals surface area contributed by atoms with Gasteiger partial charge in [0.2, 0.25) is 5.91 Å². The van der Waals surface area contributed by atoms with Crippen LogP contribution in [0.2, 0.25) is 5.02 Å². The van der Waals surface area contributed by atoms with E-state index < -0.39 is 5.41 Å². The smallest absolute Gasteiger partial charge is 0.234 e. The van der Waals surface area contributed by atoms with E-state index in [2.05, 4.69) is 4.90 Å². The molecule has 4 nitrogen and oxygen atoms in total. The first kappa shape index (κ1) is 18.2. The molecule has 0 saturated heterocycles. The number of aryl methyl sites for hydroxylation is 1. The van der Waals surface area contributed by atoms with E-state index in [1.54, 1.807) is 4.90 Å². The topological polar surface area (TPSA) is 36.4 Å². The third-order valence-corrected chi connectivity index (χ3v) is 4.77. The lowest BCUT2D eigenvalue weighted by atomic mass is 9.95. The third-order valence-electron chi connectivity index (χ3n) is 3.53. The summed E-state index contributed by atoms with van der Waals surface area (Å²) in [6, 6.07) is 3.82. The molecule has 23 heavy (non-hydrogen) atoms. The number of carbonyl (C=O) groups is 1. The van der Waals surface area contributed by atoms with Crippen molar-refractivity contribution in [2.24, 2.45) is 5.41 Å². The Bertz CT molecular complexity index is 718. The average molecular weight is 354 g/mol. The van der Waals surface area contributed by atoms with Crippen LogP contribution >= 0.6 is 22.9 Å². The first-order chi connectivity index (χ1) is 10.6. The van der Waals surface area contributed by atoms with Gasteiger partial charge in [0.15, 0.2) is 5.13 Å². The number of aromatic nitrogens is 1. The summed E-state index contributed by atoms with van der Waals surface area (Å²) in [4.78, 5) is 21.4. The van der Waals surface area contributed by atoms with E-state index in [4.69, 9.17) is 16.6 Å². The summed E-state index contributed by atoms with van der Waals surface area (Å²) >= 11 is 7.66. The first-order valence-corrected chi connectivity index (χ1v) is 8.82. The van der Waals surface area contributed by atoms with Gasteiger partial charge in [0.05, 0.1) is 10.2 Å². The monoisotopic (exact) mass is 353 g/mol. The Morgan fingerprint density at radius 3 is 2.48 bits per heavy atom. The molecule has 0 aliphatic rings. The highest BCUT2D eigenvalue weighted by atomic mass is 35.5. The number of amides is 1. The molecule has 0 atom stereocenters. The van der Waals surface area contributed by atoms with Gasteiger partial charge < -0.3 is 4.90 Å². The lowest BCUT2D eigenvalue weighted by molar-refractivity contribution is -0.125. The van der Waals surface area contributed by atoms with Crippen molar-refractivity contribution in [3.8, 4) is 0 Å². The van der Waals surface area contributed by atoms with Crippen LogP contribution in [0.25, 0.3) is 10.2 Å². The fourth-order valence-corrected chi connectivity index (χ4v) is 3.69. The van der Waals surface area contributed by atoms with E-state index in [1.165, 1.54) is 11.3 Å². The molecule has 0 radical (unpaired) electrons. The van der Waals surface area contributed by atoms with E-state index in [0.29, 0.717) is 11.6 Å². The summed E-state index contributed by atoms with van der Waals surface area (Å²) in [5.74, 6) is 0.0853. The molecule has 0 unspecified atom stereocenters. The van der Waals surface area contributed by atoms with E-state index in [1.807, 2.05) is 53.9 Å². The number of nitrogens with zero attached hydrogens (tertiary/aromatic N) is 3. The van der Waals surface area contributed by atoms with Gasteiger partial charge in [-0.25, -0.2) is 4.98 Å². The molecular formula is C17H24ClN3OS. The van der Waals surface area contributed by atoms with Gasteiger partial charge in [-0.3, -0.25) is 9.69 Å². The van der Waals surface area contributed by atoms with E-state index >= 15 is 0 Å². The number of benzene rings is 1. The molecule has 0 spiro atoms. The summed E-state index contributed by atoms with van der Waals surface area (Å²) in [5, 5.41) is 1.44. The number of rotatable bonds is 4. The van der Waals surface area contributed by atoms with Crippen LogP contribution in [0.3, 0.4) is 0 Å². The van der Waals surface area contributed by atoms with Crippen molar-refractivity contribution in [2.75, 3.05) is 32.1 Å². The quantitative estimate of drug-likeness (QED) is 0.826. The van der Waals surface area contributed by atoms with Crippen molar-refractivity contribution in [3.63, 3.8) is 0 Å². The van der Waals surface area contributed by atoms with Crippen molar-refractivity contribution in [1.82, 2.24) is 9.88 Å². The Hall–Kier alpha value is -1.17. The van der Waals surface area contributed by atoms with Gasteiger partial charge in [-0.2, -0.15) is 0 Å². The number of hydrogen-bond acceptors (Lipinski definition) is 4. The summed E-state index contributed by atoms with van der Waals surface area (Å²) in [6.45, 7) is 9.22. The summed E-state index contributed by atoms with van der Waals surface area (Å²) < 4.78 is 1.02. The normalized spacial score (nSPS) is 12.2. The first-order valence-electron chi connectivity index (χ1n) is 7.63. The summed E-state index contributed by atoms with van der Waals surface area (Å²) in [6.07, 6.45) is 0. The molecule has 6 heteroatoms. The number of carbonyl (C=O) groups excluding carboxylic acids is 1. The van der Waals surface area contributed by atoms with Crippen molar-refractivity contribution in [3.05, 3.63) is 22.7 Å². The number of fused-ring (bicyclic) bond motifs is 1. The fourth-order valence-electron chi connectivity index (χ4n) is 2.25. The van der Waals surface area contributed by atoms with Crippen LogP contribution in [0, 0.1) is 12.3 Å². The minimum absolute atomic E-state index is 0.0853. The molecule has 0 bridgehead atoms. The van der Waals surface area contributed by atoms with Crippen molar-refractivity contribution >= 4 is 44.2 Å². The number of hydrogen-bond donors (Lipinski definition) is 0. The van der Waals surface area contributed by atoms with Gasteiger partial charge in [0.25, 0.3) is 0 Å². The zero-order valence-corrected chi connectivity index (χ0v) is 16.2. The Kier molecular flexibility index (Phi) is 5.33. The van der Waals surface area contributed by atoms with Crippen LogP contribution < -0.4 is 4.90 Å². The molecule has 0 aliphatic carbocycles. The second kappa shape index (κ2) is 6.75. The SMILES string of the molecule is Cc1cc(Cl)cc2sc(N(CCN(C)C)C(=O)C(C)(C)C)nc12. The van der Waals surface area contributed by atoms with Gasteiger partial charge in [0, 0.05) is 23.5 Å². The molecule has 2 aromatic rings. The van der Waals surface area contributed by atoms with Gasteiger partial charge >= 0.3 is 0 Å². The van der Waals surface area contributed by atoms with Gasteiger partial charge in [-0.1, -0.05) is 43.7 Å². The maximum Gasteiger partial charge on any atom is 0.234 e. The van der Waals surface area contributed by atoms with E-state index in [-0.39, 0.29) is 5.91 Å². The zero-order valence-electron chi connectivity index (χ0n) is 14.6. The predicted octanol–water partition coefficient (Wildman–Crippen LogP) is 4.20. The summed E-state index contributed by atoms with van der Waals surface area (Å²) in [5.41, 5.74) is 1.51. The number of thiazole rings is 1. The van der Waals surface area contributed by atoms with Gasteiger partial charge in [0.1, 0.15) is 0 Å². The largest absolute Gasteiger partial charge is 0.308 e. The lowest BCUT2D eigenvalue weighted by Gasteiger charge is -2.28. The highest BCUT2D eigenvalue weighted by molar-refractivity contribution is 7.22. The van der Waals surface area contributed by atoms with Gasteiger partial charge in [-0.15, -0.1) is 0 Å². The second-order valence-electron chi connectivity index (χ2n) is 7.08. The third kappa shape index (κ3) is 4.22. The van der Waals surface area contributed by atoms with E-state index in [0.717, 1.165) is 27.5 Å². The predicted molar refractivity (Wildman–Crippen MR) is 99.7 cm³/mol. The van der Waals surface area contributed by atoms with Crippen molar-refractivity contribution < 1.29 is 4.79 Å². The van der Waals surface area contributed by atoms with E-state index in [9.17, 15) is 4.79 Å². The standard InChI is InChI=1S/C17H24ClN3OS/c1-11-9-12(18)10-13-14(11)19-16(23-13)21(8-7-20(5)6)15(22)17(2,3)4/h9-10H,7-8H2,1-6H3. The maximum absolute atomic E-state index is 12.9. The molecular weight excluding hydrogens is 330 g/mol. The molecule has 0 N–H and O–H groups in total. The van der Waals surface area contributed by atoms with Gasteiger partial charge in [-0.05, 0) is 38.7 Å². The molecule has 126 valence electrons. The molecule has 0 fully saturated rings. The Morgan fingerprint density at radius 2 is 1.91 bits per heavy atom. The Balaban J connectivity index is 2.46. The summed E-state index contributed by atoms with van der Waals surface area (Å²) in [7, 11) is 4.00. The number of halogens is 1. The van der Waals surface area contributed by atoms with Crippen LogP contribution in [-0.2, 0) is 4.79 Å². The molecule has 1 aromatic heterocycles. The van der Waals surface area contributed by atoms with Crippen molar-refractivity contribution in [2.45, 2.75) is 27.7 Å². The maximum atomic E-state index is 12.9. The molecule has 1 heterocycles. The minimum atomic E-state index is -0.448. The molecule has 0 saturated carbocycles. The molecule has 1 amide bonds. The highest BCUT2D eigenvalue weighted by Gasteiger charge is 2.30. The van der Waals surface area contributed by atoms with Crippen LogP contribution in [0.5, 0.6) is 0 Å². The molecule has 1 aromatic carbocycles. The zero-order chi connectivity index (χ0) is 17.4. The second-order valence-corrected chi connectivity index (χ2v) is 8.52. The minimum Gasteiger partial charge on any atom is -0.308 e. The highest BCUT2D eigenvalue weighted by Crippen LogP contribution is 2.34. The fraction of sp³-hybridized carbons (Fsp3) is 0.529. The van der Waals surface area contributed by atoms with Crippen LogP contribution in [0.4, 0.5) is 5.13 Å². The van der Waals surface area contributed by atoms with Crippen LogP contribution in [0.15, 0.2) is 12.1 Å². The van der Waals surface area contributed by atoms with Crippen molar-refractivity contribution in [1.29, 1.82) is 0 Å². The number of anilines is 1.